The molecule has 0 amide bonds. The van der Waals surface area contributed by atoms with Gasteiger partial charge in [-0.2, -0.15) is 0 Å². The van der Waals surface area contributed by atoms with E-state index in [9.17, 15) is 5.11 Å². The van der Waals surface area contributed by atoms with Gasteiger partial charge in [0.2, 0.25) is 0 Å². The highest BCUT2D eigenvalue weighted by Crippen LogP contribution is 2.38. The lowest BCUT2D eigenvalue weighted by molar-refractivity contribution is 0.440. The topological polar surface area (TPSA) is 46.2 Å². The Labute approximate surface area is 114 Å². The molecule has 1 aromatic rings. The predicted molar refractivity (Wildman–Crippen MR) is 76.3 cm³/mol. The van der Waals surface area contributed by atoms with Crippen LogP contribution in [0.15, 0.2) is 12.1 Å². The molecule has 18 heavy (non-hydrogen) atoms. The Hall–Kier alpha value is -0.730. The van der Waals surface area contributed by atoms with E-state index in [0.717, 1.165) is 18.4 Å². The number of phenolic OH excluding ortho intramolecular Hbond substituents is 1. The number of aromatic hydroxyl groups is 1. The van der Waals surface area contributed by atoms with Gasteiger partial charge in [0.25, 0.3) is 0 Å². The summed E-state index contributed by atoms with van der Waals surface area (Å²) in [6, 6.07) is 4.08. The van der Waals surface area contributed by atoms with E-state index >= 15 is 0 Å². The fourth-order valence-electron chi connectivity index (χ4n) is 2.83. The summed E-state index contributed by atoms with van der Waals surface area (Å²) in [4.78, 5) is 0. The van der Waals surface area contributed by atoms with Crippen molar-refractivity contribution in [1.82, 2.24) is 0 Å². The summed E-state index contributed by atoms with van der Waals surface area (Å²) in [5, 5.41) is 10.5. The predicted octanol–water partition coefficient (Wildman–Crippen LogP) is 3.98. The molecule has 0 bridgehead atoms. The van der Waals surface area contributed by atoms with Crippen molar-refractivity contribution in [1.29, 1.82) is 0 Å². The zero-order valence-electron chi connectivity index (χ0n) is 10.8. The van der Waals surface area contributed by atoms with Gasteiger partial charge in [0.15, 0.2) is 0 Å². The minimum Gasteiger partial charge on any atom is -0.506 e. The van der Waals surface area contributed by atoms with Crippen molar-refractivity contribution in [2.45, 2.75) is 50.9 Å². The zero-order chi connectivity index (χ0) is 13.0. The molecule has 1 fully saturated rings. The highest BCUT2D eigenvalue weighted by molar-refractivity contribution is 6.32. The third-order valence-corrected chi connectivity index (χ3v) is 4.18. The molecule has 3 N–H and O–H groups in total. The molecule has 1 aliphatic rings. The maximum atomic E-state index is 9.97. The van der Waals surface area contributed by atoms with Gasteiger partial charge in [0.1, 0.15) is 5.75 Å². The Bertz CT molecular complexity index is 400. The van der Waals surface area contributed by atoms with Gasteiger partial charge in [0, 0.05) is 0 Å². The zero-order valence-corrected chi connectivity index (χ0v) is 11.5. The van der Waals surface area contributed by atoms with Crippen molar-refractivity contribution in [3.05, 3.63) is 28.3 Å². The van der Waals surface area contributed by atoms with Gasteiger partial charge in [0.05, 0.1) is 5.02 Å². The van der Waals surface area contributed by atoms with Gasteiger partial charge < -0.3 is 10.8 Å². The van der Waals surface area contributed by atoms with Crippen LogP contribution in [0.3, 0.4) is 0 Å². The lowest BCUT2D eigenvalue weighted by Crippen LogP contribution is -2.06. The summed E-state index contributed by atoms with van der Waals surface area (Å²) in [6.07, 6.45) is 8.15. The van der Waals surface area contributed by atoms with Crippen LogP contribution in [0.4, 0.5) is 0 Å². The fourth-order valence-corrected chi connectivity index (χ4v) is 3.08. The Morgan fingerprint density at radius 3 is 2.61 bits per heavy atom. The number of benzene rings is 1. The third kappa shape index (κ3) is 3.18. The van der Waals surface area contributed by atoms with Gasteiger partial charge in [-0.15, -0.1) is 0 Å². The Balaban J connectivity index is 2.22. The molecule has 1 saturated carbocycles. The molecule has 1 aliphatic carbocycles. The number of halogens is 1. The van der Waals surface area contributed by atoms with E-state index in [1.807, 2.05) is 6.07 Å². The normalized spacial score (nSPS) is 17.0. The van der Waals surface area contributed by atoms with Crippen LogP contribution in [-0.2, 0) is 6.42 Å². The summed E-state index contributed by atoms with van der Waals surface area (Å²) in [7, 11) is 0. The fraction of sp³-hybridized carbons (Fsp3) is 0.600. The number of hydrogen-bond donors (Lipinski definition) is 2. The van der Waals surface area contributed by atoms with Crippen molar-refractivity contribution in [3.63, 3.8) is 0 Å². The minimum absolute atomic E-state index is 0.240. The second-order valence-electron chi connectivity index (χ2n) is 5.24. The molecule has 0 unspecified atom stereocenters. The van der Waals surface area contributed by atoms with Gasteiger partial charge in [-0.1, -0.05) is 36.9 Å². The van der Waals surface area contributed by atoms with Crippen molar-refractivity contribution in [3.8, 4) is 5.75 Å². The number of hydrogen-bond acceptors (Lipinski definition) is 2. The minimum atomic E-state index is 0.240. The Kier molecular flexibility index (Phi) is 4.90. The molecule has 1 aromatic carbocycles. The summed E-state index contributed by atoms with van der Waals surface area (Å²) in [6.45, 7) is 0.644. The van der Waals surface area contributed by atoms with Gasteiger partial charge in [-0.3, -0.25) is 0 Å². The van der Waals surface area contributed by atoms with E-state index in [-0.39, 0.29) is 5.75 Å². The maximum absolute atomic E-state index is 9.97. The molecule has 0 radical (unpaired) electrons. The molecule has 100 valence electrons. The van der Waals surface area contributed by atoms with Crippen molar-refractivity contribution in [2.75, 3.05) is 6.54 Å². The van der Waals surface area contributed by atoms with Gasteiger partial charge in [-0.05, 0) is 55.3 Å². The van der Waals surface area contributed by atoms with Crippen LogP contribution in [0.25, 0.3) is 0 Å². The first-order chi connectivity index (χ1) is 8.72. The highest BCUT2D eigenvalue weighted by atomic mass is 35.5. The lowest BCUT2D eigenvalue weighted by Gasteiger charge is -2.23. The SMILES string of the molecule is NCCCc1cc(C2CCCCC2)cc(Cl)c1O. The smallest absolute Gasteiger partial charge is 0.137 e. The number of aryl methyl sites for hydroxylation is 1. The first-order valence-electron chi connectivity index (χ1n) is 6.93. The summed E-state index contributed by atoms with van der Waals surface area (Å²) >= 11 is 6.14. The first kappa shape index (κ1) is 13.7. The average Bonchev–Trinajstić information content (AvgIpc) is 2.41. The molecule has 0 saturated heterocycles. The average molecular weight is 268 g/mol. The van der Waals surface area contributed by atoms with E-state index in [4.69, 9.17) is 17.3 Å². The van der Waals surface area contributed by atoms with E-state index in [0.29, 0.717) is 17.5 Å². The maximum Gasteiger partial charge on any atom is 0.137 e. The summed E-state index contributed by atoms with van der Waals surface area (Å²) in [5.74, 6) is 0.859. The summed E-state index contributed by atoms with van der Waals surface area (Å²) in [5.41, 5.74) is 7.78. The number of phenols is 1. The van der Waals surface area contributed by atoms with Crippen molar-refractivity contribution in [2.24, 2.45) is 5.73 Å². The number of rotatable bonds is 4. The third-order valence-electron chi connectivity index (χ3n) is 3.89. The van der Waals surface area contributed by atoms with E-state index in [1.165, 1.54) is 37.7 Å². The largest absolute Gasteiger partial charge is 0.506 e. The monoisotopic (exact) mass is 267 g/mol. The molecule has 0 spiro atoms. The molecular weight excluding hydrogens is 246 g/mol. The van der Waals surface area contributed by atoms with Gasteiger partial charge in [-0.25, -0.2) is 0 Å². The van der Waals surface area contributed by atoms with E-state index < -0.39 is 0 Å². The molecule has 0 aromatic heterocycles. The Morgan fingerprint density at radius 1 is 1.22 bits per heavy atom. The van der Waals surface area contributed by atoms with Crippen LogP contribution in [-0.4, -0.2) is 11.7 Å². The highest BCUT2D eigenvalue weighted by Gasteiger charge is 2.18. The second kappa shape index (κ2) is 6.44. The van der Waals surface area contributed by atoms with E-state index in [1.54, 1.807) is 0 Å². The molecule has 3 heteroatoms. The molecule has 2 rings (SSSR count). The quantitative estimate of drug-likeness (QED) is 0.867. The van der Waals surface area contributed by atoms with E-state index in [2.05, 4.69) is 6.07 Å². The second-order valence-corrected chi connectivity index (χ2v) is 5.64. The molecule has 0 atom stereocenters. The van der Waals surface area contributed by atoms with Crippen LogP contribution in [0.5, 0.6) is 5.75 Å². The summed E-state index contributed by atoms with van der Waals surface area (Å²) < 4.78 is 0. The van der Waals surface area contributed by atoms with Crippen LogP contribution < -0.4 is 5.73 Å². The van der Waals surface area contributed by atoms with Crippen LogP contribution in [0.2, 0.25) is 5.02 Å². The van der Waals surface area contributed by atoms with Crippen LogP contribution in [0, 0.1) is 0 Å². The molecular formula is C15H22ClNO. The van der Waals surface area contributed by atoms with Gasteiger partial charge >= 0.3 is 0 Å². The number of nitrogens with two attached hydrogens (primary N) is 1. The van der Waals surface area contributed by atoms with Crippen LogP contribution in [0.1, 0.15) is 55.6 Å². The van der Waals surface area contributed by atoms with Crippen molar-refractivity contribution >= 4 is 11.6 Å². The standard InChI is InChI=1S/C15H22ClNO/c16-14-10-13(11-5-2-1-3-6-11)9-12(15(14)18)7-4-8-17/h9-11,18H,1-8,17H2. The van der Waals surface area contributed by atoms with Crippen LogP contribution >= 0.6 is 11.6 Å². The van der Waals surface area contributed by atoms with Crippen molar-refractivity contribution < 1.29 is 5.11 Å². The molecule has 0 aliphatic heterocycles. The molecule has 0 heterocycles. The Morgan fingerprint density at radius 2 is 1.94 bits per heavy atom. The molecule has 2 nitrogen and oxygen atoms in total. The first-order valence-corrected chi connectivity index (χ1v) is 7.31. The lowest BCUT2D eigenvalue weighted by atomic mass is 9.83.